The first-order chi connectivity index (χ1) is 17.5. The molecule has 0 saturated heterocycles. The number of ether oxygens (including phenoxy) is 1. The number of esters is 1. The second-order valence-electron chi connectivity index (χ2n) is 11.5. The molecular weight excluding hydrogens is 482 g/mol. The molecule has 7 atom stereocenters. The number of ketones is 2. The van der Waals surface area contributed by atoms with Gasteiger partial charge < -0.3 is 14.9 Å². The highest BCUT2D eigenvalue weighted by Crippen LogP contribution is 2.67. The molecule has 0 radical (unpaired) electrons. The molecule has 4 aliphatic rings. The Morgan fingerprint density at radius 2 is 1.92 bits per heavy atom. The molecule has 0 spiro atoms. The summed E-state index contributed by atoms with van der Waals surface area (Å²) < 4.78 is 5.99. The van der Waals surface area contributed by atoms with E-state index < -0.39 is 40.9 Å². The molecule has 4 aliphatic carbocycles. The molecule has 0 amide bonds. The highest BCUT2D eigenvalue weighted by atomic mass is 17.1. The van der Waals surface area contributed by atoms with Crippen LogP contribution in [0.4, 0.5) is 0 Å². The smallest absolute Gasteiger partial charge is 0.306 e. The second kappa shape index (κ2) is 10.7. The van der Waals surface area contributed by atoms with Crippen LogP contribution in [0.5, 0.6) is 0 Å². The SMILES string of the molecule is C[C@]12C=CC(=O)C=C1CCC1C3CC[C@](OC(=O)CCCCCON(O)O)(C(=O)CO)[C@@]3(C)C[C@H](O)[C@@H]12. The molecule has 0 aliphatic heterocycles. The Kier molecular flexibility index (Phi) is 8.09. The van der Waals surface area contributed by atoms with Gasteiger partial charge in [-0.15, -0.1) is 0 Å². The molecule has 37 heavy (non-hydrogen) atoms. The average Bonchev–Trinajstić information content (AvgIpc) is 3.13. The molecule has 4 rings (SSSR count). The van der Waals surface area contributed by atoms with Gasteiger partial charge in [0.1, 0.15) is 6.61 Å². The Morgan fingerprint density at radius 1 is 1.16 bits per heavy atom. The van der Waals surface area contributed by atoms with E-state index in [2.05, 4.69) is 11.8 Å². The lowest BCUT2D eigenvalue weighted by Gasteiger charge is -2.59. The molecule has 2 unspecified atom stereocenters. The minimum atomic E-state index is -1.50. The summed E-state index contributed by atoms with van der Waals surface area (Å²) in [6, 6.07) is 0. The number of fused-ring (bicyclic) bond motifs is 5. The fourth-order valence-electron chi connectivity index (χ4n) is 8.06. The molecule has 10 heteroatoms. The lowest BCUT2D eigenvalue weighted by molar-refractivity contribution is -0.492. The van der Waals surface area contributed by atoms with Crippen LogP contribution in [0, 0.1) is 28.6 Å². The summed E-state index contributed by atoms with van der Waals surface area (Å²) in [5.74, 6) is -1.09. The number of nitrogens with zero attached hydrogens (tertiary/aromatic N) is 1. The van der Waals surface area contributed by atoms with E-state index in [1.165, 1.54) is 0 Å². The van der Waals surface area contributed by atoms with Crippen molar-refractivity contribution in [3.8, 4) is 0 Å². The molecule has 3 saturated carbocycles. The van der Waals surface area contributed by atoms with E-state index in [9.17, 15) is 24.6 Å². The third-order valence-corrected chi connectivity index (χ3v) is 9.73. The first kappa shape index (κ1) is 28.1. The van der Waals surface area contributed by atoms with Gasteiger partial charge >= 0.3 is 5.97 Å². The van der Waals surface area contributed by atoms with Crippen molar-refractivity contribution in [1.82, 2.24) is 5.39 Å². The molecule has 0 bridgehead atoms. The molecule has 0 heterocycles. The van der Waals surface area contributed by atoms with E-state index in [0.717, 1.165) is 18.4 Å². The Hall–Kier alpha value is -1.95. The normalized spacial score (nSPS) is 38.6. The van der Waals surface area contributed by atoms with Gasteiger partial charge in [-0.2, -0.15) is 0 Å². The van der Waals surface area contributed by atoms with Crippen molar-refractivity contribution in [1.29, 1.82) is 0 Å². The number of aliphatic hydroxyl groups excluding tert-OH is 2. The van der Waals surface area contributed by atoms with Gasteiger partial charge in [0, 0.05) is 23.2 Å². The summed E-state index contributed by atoms with van der Waals surface area (Å²) >= 11 is 0. The maximum atomic E-state index is 13.3. The number of Topliss-reactive ketones (excluding diaryl/α,β-unsaturated/α-hetero) is 1. The van der Waals surface area contributed by atoms with Crippen LogP contribution in [0.25, 0.3) is 0 Å². The summed E-state index contributed by atoms with van der Waals surface area (Å²) in [5, 5.41) is 38.2. The second-order valence-corrected chi connectivity index (χ2v) is 11.5. The van der Waals surface area contributed by atoms with Crippen LogP contribution >= 0.6 is 0 Å². The van der Waals surface area contributed by atoms with Crippen LogP contribution < -0.4 is 0 Å². The predicted molar refractivity (Wildman–Crippen MR) is 129 cm³/mol. The molecule has 0 aromatic carbocycles. The zero-order valence-electron chi connectivity index (χ0n) is 21.6. The number of carbonyl (C=O) groups excluding carboxylic acids is 3. The zero-order chi connectivity index (χ0) is 27.0. The maximum absolute atomic E-state index is 13.3. The van der Waals surface area contributed by atoms with Crippen molar-refractivity contribution >= 4 is 17.5 Å². The molecule has 206 valence electrons. The van der Waals surface area contributed by atoms with Gasteiger partial charge in [0.2, 0.25) is 5.78 Å². The van der Waals surface area contributed by atoms with Crippen molar-refractivity contribution in [3.63, 3.8) is 0 Å². The van der Waals surface area contributed by atoms with Crippen LogP contribution in [-0.2, 0) is 24.0 Å². The van der Waals surface area contributed by atoms with Crippen LogP contribution in [0.3, 0.4) is 0 Å². The van der Waals surface area contributed by atoms with Crippen molar-refractivity contribution in [3.05, 3.63) is 23.8 Å². The van der Waals surface area contributed by atoms with Crippen LogP contribution in [0.2, 0.25) is 0 Å². The predicted octanol–water partition coefficient (Wildman–Crippen LogP) is 2.68. The minimum Gasteiger partial charge on any atom is -0.450 e. The zero-order valence-corrected chi connectivity index (χ0v) is 21.6. The van der Waals surface area contributed by atoms with Gasteiger partial charge in [0.25, 0.3) is 0 Å². The fourth-order valence-corrected chi connectivity index (χ4v) is 8.06. The minimum absolute atomic E-state index is 0.0191. The lowest BCUT2D eigenvalue weighted by Crippen LogP contribution is -2.63. The van der Waals surface area contributed by atoms with Gasteiger partial charge in [-0.3, -0.25) is 29.6 Å². The quantitative estimate of drug-likeness (QED) is 0.192. The number of allylic oxidation sites excluding steroid dienone is 4. The highest BCUT2D eigenvalue weighted by molar-refractivity contribution is 6.01. The van der Waals surface area contributed by atoms with Crippen molar-refractivity contribution in [2.45, 2.75) is 83.3 Å². The molecule has 3 fully saturated rings. The summed E-state index contributed by atoms with van der Waals surface area (Å²) in [7, 11) is 0. The summed E-state index contributed by atoms with van der Waals surface area (Å²) in [5.41, 5.74) is -1.72. The van der Waals surface area contributed by atoms with Gasteiger partial charge in [-0.1, -0.05) is 31.9 Å². The standard InChI is InChI=1S/C27H39NO9/c1-25-11-9-18(30)14-17(25)7-8-19-20-10-12-27(22(32)16-29,26(20,2)15-21(31)24(19)25)37-23(33)6-4-3-5-13-36-28(34)35/h9,11,14,19-21,24,29,31,34-35H,3-8,10,12-13,15-16H2,1-2H3/t19?,20?,21-,24+,25-,26-,27-/m0/s1. The molecule has 4 N–H and O–H groups in total. The van der Waals surface area contributed by atoms with Crippen LogP contribution in [-0.4, -0.2) is 68.5 Å². The summed E-state index contributed by atoms with van der Waals surface area (Å²) in [6.07, 6.45) is 8.79. The van der Waals surface area contributed by atoms with Gasteiger partial charge in [0.15, 0.2) is 11.4 Å². The fraction of sp³-hybridized carbons (Fsp3) is 0.741. The van der Waals surface area contributed by atoms with Crippen LogP contribution in [0.1, 0.15) is 71.6 Å². The third-order valence-electron chi connectivity index (χ3n) is 9.73. The maximum Gasteiger partial charge on any atom is 0.306 e. The number of hydrogen-bond donors (Lipinski definition) is 4. The molecule has 0 aromatic rings. The van der Waals surface area contributed by atoms with E-state index in [4.69, 9.17) is 15.2 Å². The molecule has 0 aromatic heterocycles. The lowest BCUT2D eigenvalue weighted by atomic mass is 9.46. The average molecular weight is 522 g/mol. The van der Waals surface area contributed by atoms with E-state index in [-0.39, 0.29) is 48.4 Å². The first-order valence-corrected chi connectivity index (χ1v) is 13.3. The summed E-state index contributed by atoms with van der Waals surface area (Å²) in [4.78, 5) is 42.7. The van der Waals surface area contributed by atoms with Crippen molar-refractivity contribution in [2.75, 3.05) is 13.2 Å². The van der Waals surface area contributed by atoms with Gasteiger partial charge in [-0.25, -0.2) is 0 Å². The topological polar surface area (TPSA) is 154 Å². The van der Waals surface area contributed by atoms with Crippen molar-refractivity contribution in [2.24, 2.45) is 28.6 Å². The van der Waals surface area contributed by atoms with E-state index in [0.29, 0.717) is 32.1 Å². The highest BCUT2D eigenvalue weighted by Gasteiger charge is 2.70. The van der Waals surface area contributed by atoms with E-state index in [1.54, 1.807) is 12.2 Å². The summed E-state index contributed by atoms with van der Waals surface area (Å²) in [6.45, 7) is 3.33. The first-order valence-electron chi connectivity index (χ1n) is 13.3. The van der Waals surface area contributed by atoms with Crippen molar-refractivity contribution < 1.29 is 44.6 Å². The number of aliphatic hydroxyl groups is 2. The van der Waals surface area contributed by atoms with Gasteiger partial charge in [0.05, 0.1) is 18.1 Å². The largest absolute Gasteiger partial charge is 0.450 e. The number of unbranched alkanes of at least 4 members (excludes halogenated alkanes) is 2. The molecule has 10 nitrogen and oxygen atoms in total. The number of hydrogen-bond acceptors (Lipinski definition) is 10. The van der Waals surface area contributed by atoms with E-state index >= 15 is 0 Å². The molecular formula is C27H39NO9. The third kappa shape index (κ3) is 4.84. The Morgan fingerprint density at radius 3 is 2.62 bits per heavy atom. The number of rotatable bonds is 10. The Balaban J connectivity index is 1.52. The Bertz CT molecular complexity index is 977. The monoisotopic (exact) mass is 521 g/mol. The van der Waals surface area contributed by atoms with Crippen LogP contribution in [0.15, 0.2) is 23.8 Å². The number of carbonyl (C=O) groups is 3. The van der Waals surface area contributed by atoms with Gasteiger partial charge in [-0.05, 0) is 68.9 Å². The van der Waals surface area contributed by atoms with E-state index in [1.807, 2.05) is 13.0 Å². The Labute approximate surface area is 216 Å².